The van der Waals surface area contributed by atoms with Crippen LogP contribution in [0.1, 0.15) is 5.76 Å². The molecule has 106 valence electrons. The van der Waals surface area contributed by atoms with Gasteiger partial charge in [-0.2, -0.15) is 0 Å². The molecule has 1 amide bonds. The van der Waals surface area contributed by atoms with E-state index in [2.05, 4.69) is 5.32 Å². The lowest BCUT2D eigenvalue weighted by Crippen LogP contribution is -2.47. The van der Waals surface area contributed by atoms with Crippen LogP contribution < -0.4 is 5.32 Å². The van der Waals surface area contributed by atoms with Crippen molar-refractivity contribution in [2.45, 2.75) is 11.6 Å². The minimum absolute atomic E-state index is 0.0288. The molecule has 0 saturated carbocycles. The molecule has 1 aliphatic heterocycles. The highest BCUT2D eigenvalue weighted by Crippen LogP contribution is 2.18. The van der Waals surface area contributed by atoms with Gasteiger partial charge in [-0.05, 0) is 12.1 Å². The van der Waals surface area contributed by atoms with E-state index in [1.807, 2.05) is 4.90 Å². The Labute approximate surface area is 112 Å². The number of hydrogen-bond acceptors (Lipinski definition) is 5. The Morgan fingerprint density at radius 2 is 2.16 bits per heavy atom. The first-order valence-corrected chi connectivity index (χ1v) is 7.34. The number of nitrogens with zero attached hydrogens (tertiary/aromatic N) is 2. The van der Waals surface area contributed by atoms with Crippen LogP contribution in [-0.4, -0.2) is 57.3 Å². The van der Waals surface area contributed by atoms with Gasteiger partial charge >= 0.3 is 0 Å². The molecule has 0 aliphatic carbocycles. The lowest BCUT2D eigenvalue weighted by atomic mass is 10.3. The van der Waals surface area contributed by atoms with Crippen LogP contribution in [0, 0.1) is 0 Å². The molecule has 1 aromatic rings. The number of furan rings is 1. The summed E-state index contributed by atoms with van der Waals surface area (Å²) in [7, 11) is -0.637. The minimum atomic E-state index is -3.54. The van der Waals surface area contributed by atoms with Gasteiger partial charge in [-0.3, -0.25) is 9.69 Å². The van der Waals surface area contributed by atoms with E-state index in [9.17, 15) is 13.2 Å². The van der Waals surface area contributed by atoms with E-state index in [0.717, 1.165) is 10.8 Å². The molecule has 1 aromatic heterocycles. The van der Waals surface area contributed by atoms with E-state index in [4.69, 9.17) is 4.42 Å². The fourth-order valence-corrected chi connectivity index (χ4v) is 2.62. The molecule has 2 rings (SSSR count). The highest BCUT2D eigenvalue weighted by molar-refractivity contribution is 7.88. The van der Waals surface area contributed by atoms with Crippen LogP contribution in [0.2, 0.25) is 0 Å². The monoisotopic (exact) mass is 287 g/mol. The molecule has 0 unspecified atom stereocenters. The van der Waals surface area contributed by atoms with Gasteiger partial charge in [0.2, 0.25) is 11.0 Å². The minimum Gasteiger partial charge on any atom is -0.447 e. The van der Waals surface area contributed by atoms with Crippen LogP contribution in [0.5, 0.6) is 0 Å². The predicted octanol–water partition coefficient (Wildman–Crippen LogP) is -0.538. The Bertz CT molecular complexity index is 564. The normalized spacial score (nSPS) is 17.7. The first kappa shape index (κ1) is 14.0. The molecule has 19 heavy (non-hydrogen) atoms. The van der Waals surface area contributed by atoms with E-state index in [0.29, 0.717) is 25.4 Å². The predicted molar refractivity (Wildman–Crippen MR) is 67.9 cm³/mol. The van der Waals surface area contributed by atoms with Crippen molar-refractivity contribution in [1.29, 1.82) is 0 Å². The molecule has 0 atom stereocenters. The summed E-state index contributed by atoms with van der Waals surface area (Å²) >= 11 is 0. The van der Waals surface area contributed by atoms with Crippen LogP contribution in [0.25, 0.3) is 0 Å². The first-order chi connectivity index (χ1) is 8.89. The van der Waals surface area contributed by atoms with Gasteiger partial charge in [-0.15, -0.1) is 0 Å². The molecule has 7 nitrogen and oxygen atoms in total. The van der Waals surface area contributed by atoms with Gasteiger partial charge < -0.3 is 9.73 Å². The summed E-state index contributed by atoms with van der Waals surface area (Å²) in [5, 5.41) is 2.65. The summed E-state index contributed by atoms with van der Waals surface area (Å²) in [4.78, 5) is 13.1. The first-order valence-electron chi connectivity index (χ1n) is 5.90. The number of sulfonamides is 1. The number of nitrogens with one attached hydrogen (secondary N) is 1. The van der Waals surface area contributed by atoms with Gasteiger partial charge in [0.15, 0.2) is 0 Å². The van der Waals surface area contributed by atoms with Crippen LogP contribution in [-0.2, 0) is 21.4 Å². The third-order valence-corrected chi connectivity index (χ3v) is 4.56. The smallest absolute Gasteiger partial charge is 0.275 e. The molecule has 1 N–H and O–H groups in total. The number of rotatable bonds is 4. The van der Waals surface area contributed by atoms with Crippen LogP contribution >= 0.6 is 0 Å². The highest BCUT2D eigenvalue weighted by Gasteiger charge is 2.23. The molecule has 0 aromatic carbocycles. The van der Waals surface area contributed by atoms with E-state index >= 15 is 0 Å². The lowest BCUT2D eigenvalue weighted by Gasteiger charge is -2.25. The van der Waals surface area contributed by atoms with E-state index < -0.39 is 10.0 Å². The largest absolute Gasteiger partial charge is 0.447 e. The Morgan fingerprint density at radius 1 is 1.42 bits per heavy atom. The summed E-state index contributed by atoms with van der Waals surface area (Å²) in [5.74, 6) is 0.508. The summed E-state index contributed by atoms with van der Waals surface area (Å²) in [5.41, 5.74) is 0. The summed E-state index contributed by atoms with van der Waals surface area (Å²) in [6.07, 6.45) is 0. The van der Waals surface area contributed by atoms with E-state index in [1.54, 1.807) is 6.07 Å². The fourth-order valence-electron chi connectivity index (χ4n) is 1.81. The molecule has 0 spiro atoms. The molecular weight excluding hydrogens is 270 g/mol. The average Bonchev–Trinajstić information content (AvgIpc) is 2.78. The van der Waals surface area contributed by atoms with Crippen molar-refractivity contribution >= 4 is 15.9 Å². The van der Waals surface area contributed by atoms with Gasteiger partial charge in [0, 0.05) is 27.2 Å². The van der Waals surface area contributed by atoms with Gasteiger partial charge in [0.25, 0.3) is 10.0 Å². The standard InChI is InChI=1S/C11H17N3O4S/c1-13(2)19(16,17)11-4-3-9(18-11)7-14-6-5-12-10(15)8-14/h3-4H,5-8H2,1-2H3,(H,12,15). The Balaban J connectivity index is 2.07. The van der Waals surface area contributed by atoms with Crippen molar-refractivity contribution in [3.63, 3.8) is 0 Å². The average molecular weight is 287 g/mol. The van der Waals surface area contributed by atoms with Gasteiger partial charge in [-0.1, -0.05) is 0 Å². The zero-order valence-corrected chi connectivity index (χ0v) is 11.7. The van der Waals surface area contributed by atoms with Crippen molar-refractivity contribution < 1.29 is 17.6 Å². The zero-order valence-electron chi connectivity index (χ0n) is 10.9. The van der Waals surface area contributed by atoms with Crippen molar-refractivity contribution in [1.82, 2.24) is 14.5 Å². The highest BCUT2D eigenvalue weighted by atomic mass is 32.2. The van der Waals surface area contributed by atoms with E-state index in [-0.39, 0.29) is 11.0 Å². The maximum atomic E-state index is 11.8. The van der Waals surface area contributed by atoms with Crippen molar-refractivity contribution in [2.75, 3.05) is 33.7 Å². The molecule has 1 fully saturated rings. The lowest BCUT2D eigenvalue weighted by molar-refractivity contribution is -0.124. The molecule has 8 heteroatoms. The fraction of sp³-hybridized carbons (Fsp3) is 0.545. The second-order valence-electron chi connectivity index (χ2n) is 4.57. The third-order valence-electron chi connectivity index (χ3n) is 2.87. The Kier molecular flexibility index (Phi) is 3.93. The number of piperazine rings is 1. The second kappa shape index (κ2) is 5.32. The third kappa shape index (κ3) is 3.14. The van der Waals surface area contributed by atoms with Crippen molar-refractivity contribution in [3.8, 4) is 0 Å². The second-order valence-corrected chi connectivity index (χ2v) is 6.65. The zero-order chi connectivity index (χ0) is 14.0. The molecule has 0 radical (unpaired) electrons. The maximum Gasteiger partial charge on any atom is 0.275 e. The molecule has 0 bridgehead atoms. The van der Waals surface area contributed by atoms with Gasteiger partial charge in [0.1, 0.15) is 5.76 Å². The Morgan fingerprint density at radius 3 is 2.79 bits per heavy atom. The van der Waals surface area contributed by atoms with Gasteiger partial charge in [-0.25, -0.2) is 12.7 Å². The molecule has 1 saturated heterocycles. The van der Waals surface area contributed by atoms with Crippen molar-refractivity contribution in [3.05, 3.63) is 17.9 Å². The molecule has 1 aliphatic rings. The molecule has 2 heterocycles. The summed E-state index contributed by atoms with van der Waals surface area (Å²) < 4.78 is 30.1. The number of carbonyl (C=O) groups excluding carboxylic acids is 1. The Hall–Kier alpha value is -1.38. The maximum absolute atomic E-state index is 11.8. The number of carbonyl (C=O) groups is 1. The topological polar surface area (TPSA) is 82.9 Å². The molecular formula is C11H17N3O4S. The quantitative estimate of drug-likeness (QED) is 0.804. The number of amides is 1. The SMILES string of the molecule is CN(C)S(=O)(=O)c1ccc(CN2CCNC(=O)C2)o1. The van der Waals surface area contributed by atoms with Crippen LogP contribution in [0.15, 0.2) is 21.6 Å². The number of hydrogen-bond donors (Lipinski definition) is 1. The van der Waals surface area contributed by atoms with E-state index in [1.165, 1.54) is 20.2 Å². The van der Waals surface area contributed by atoms with Crippen LogP contribution in [0.3, 0.4) is 0 Å². The summed E-state index contributed by atoms with van der Waals surface area (Å²) in [6, 6.07) is 3.07. The van der Waals surface area contributed by atoms with Crippen molar-refractivity contribution in [2.24, 2.45) is 0 Å². The summed E-state index contributed by atoms with van der Waals surface area (Å²) in [6.45, 7) is 2.05. The van der Waals surface area contributed by atoms with Crippen LogP contribution in [0.4, 0.5) is 0 Å². The van der Waals surface area contributed by atoms with Gasteiger partial charge in [0.05, 0.1) is 13.1 Å².